The molecule has 1 aliphatic heterocycles. The van der Waals surface area contributed by atoms with Crippen molar-refractivity contribution in [1.82, 2.24) is 10.2 Å². The molecule has 5 nitrogen and oxygen atoms in total. The number of nitrogens with zero attached hydrogens (tertiary/aromatic N) is 1. The fourth-order valence-electron chi connectivity index (χ4n) is 1.69. The molecule has 1 atom stereocenters. The standard InChI is InChI=1S/C9H15BN2O3S/c1-9(2)6(7(14)11-3-4-13)12(5-16-9)8(10)15/h6,13H,3-5H2,1-2H3,(H,11,14)/t6-/m1/s1. The molecule has 2 amide bonds. The molecule has 0 aliphatic carbocycles. The van der Waals surface area contributed by atoms with Gasteiger partial charge in [0.2, 0.25) is 13.8 Å². The molecule has 2 N–H and O–H groups in total. The lowest BCUT2D eigenvalue weighted by Gasteiger charge is -2.29. The van der Waals surface area contributed by atoms with E-state index in [-0.39, 0.29) is 23.8 Å². The second-order valence-electron chi connectivity index (χ2n) is 4.10. The van der Waals surface area contributed by atoms with E-state index in [1.54, 1.807) is 0 Å². The summed E-state index contributed by atoms with van der Waals surface area (Å²) in [4.78, 5) is 24.4. The normalized spacial score (nSPS) is 23.2. The van der Waals surface area contributed by atoms with Crippen molar-refractivity contribution in [2.75, 3.05) is 19.0 Å². The van der Waals surface area contributed by atoms with Gasteiger partial charge in [-0.15, -0.1) is 11.8 Å². The maximum atomic E-state index is 11.8. The molecule has 7 heteroatoms. The zero-order valence-corrected chi connectivity index (χ0v) is 10.2. The minimum atomic E-state index is -0.595. The maximum Gasteiger partial charge on any atom is 0.244 e. The van der Waals surface area contributed by atoms with Crippen LogP contribution in [0.5, 0.6) is 0 Å². The first-order chi connectivity index (χ1) is 7.40. The van der Waals surface area contributed by atoms with E-state index in [1.165, 1.54) is 16.7 Å². The fourth-order valence-corrected chi connectivity index (χ4v) is 2.83. The lowest BCUT2D eigenvalue weighted by Crippen LogP contribution is -2.53. The smallest absolute Gasteiger partial charge is 0.244 e. The number of amides is 2. The molecule has 0 aromatic rings. The van der Waals surface area contributed by atoms with E-state index in [2.05, 4.69) is 5.32 Å². The van der Waals surface area contributed by atoms with Gasteiger partial charge >= 0.3 is 0 Å². The van der Waals surface area contributed by atoms with Crippen molar-refractivity contribution in [2.45, 2.75) is 24.6 Å². The van der Waals surface area contributed by atoms with Crippen LogP contribution in [0.25, 0.3) is 0 Å². The van der Waals surface area contributed by atoms with E-state index in [0.29, 0.717) is 5.88 Å². The van der Waals surface area contributed by atoms with Crippen LogP contribution < -0.4 is 5.32 Å². The van der Waals surface area contributed by atoms with E-state index in [4.69, 9.17) is 13.0 Å². The highest BCUT2D eigenvalue weighted by Gasteiger charge is 2.46. The van der Waals surface area contributed by atoms with Crippen LogP contribution in [-0.4, -0.2) is 59.4 Å². The van der Waals surface area contributed by atoms with Crippen LogP contribution in [-0.2, 0) is 4.79 Å². The number of carbonyl (C=O) groups is 2. The van der Waals surface area contributed by atoms with Crippen LogP contribution in [0.1, 0.15) is 13.8 Å². The molecule has 0 saturated carbocycles. The van der Waals surface area contributed by atoms with E-state index in [0.717, 1.165) is 0 Å². The van der Waals surface area contributed by atoms with Crippen molar-refractivity contribution in [3.63, 3.8) is 0 Å². The number of thioether (sulfide) groups is 1. The molecule has 1 rings (SSSR count). The van der Waals surface area contributed by atoms with Gasteiger partial charge in [-0.1, -0.05) is 0 Å². The number of nitrogens with one attached hydrogen (secondary N) is 1. The largest absolute Gasteiger partial charge is 0.395 e. The molecule has 0 spiro atoms. The maximum absolute atomic E-state index is 11.8. The first kappa shape index (κ1) is 13.4. The average Bonchev–Trinajstić information content (AvgIpc) is 2.50. The number of rotatable bonds is 3. The van der Waals surface area contributed by atoms with E-state index >= 15 is 0 Å². The number of hydrogen-bond acceptors (Lipinski definition) is 4. The Hall–Kier alpha value is -0.685. The summed E-state index contributed by atoms with van der Waals surface area (Å²) in [6.07, 6.45) is 0. The number of hydrogen-bond donors (Lipinski definition) is 2. The summed E-state index contributed by atoms with van der Waals surface area (Å²) in [6.45, 7) is 3.85. The van der Waals surface area contributed by atoms with Gasteiger partial charge in [0.25, 0.3) is 0 Å². The van der Waals surface area contributed by atoms with Crippen molar-refractivity contribution in [2.24, 2.45) is 0 Å². The van der Waals surface area contributed by atoms with Gasteiger partial charge < -0.3 is 15.3 Å². The Kier molecular flexibility index (Phi) is 4.26. The molecule has 1 heterocycles. The van der Waals surface area contributed by atoms with Crippen LogP contribution >= 0.6 is 11.8 Å². The highest BCUT2D eigenvalue weighted by atomic mass is 32.2. The highest BCUT2D eigenvalue weighted by molar-refractivity contribution is 8.00. The number of carbonyl (C=O) groups excluding carboxylic acids is 2. The van der Waals surface area contributed by atoms with Crippen LogP contribution in [0.15, 0.2) is 0 Å². The number of aliphatic hydroxyl groups excluding tert-OH is 1. The van der Waals surface area contributed by atoms with Crippen LogP contribution in [0.3, 0.4) is 0 Å². The van der Waals surface area contributed by atoms with Crippen LogP contribution in [0.4, 0.5) is 4.79 Å². The second-order valence-corrected chi connectivity index (χ2v) is 5.70. The Morgan fingerprint density at radius 3 is 2.75 bits per heavy atom. The lowest BCUT2D eigenvalue weighted by molar-refractivity contribution is -0.125. The van der Waals surface area contributed by atoms with Crippen molar-refractivity contribution < 1.29 is 14.7 Å². The molecule has 1 aliphatic rings. The Balaban J connectivity index is 2.78. The van der Waals surface area contributed by atoms with Gasteiger partial charge in [-0.2, -0.15) is 0 Å². The van der Waals surface area contributed by atoms with Gasteiger partial charge in [0.05, 0.1) is 12.5 Å². The molecule has 2 radical (unpaired) electrons. The quantitative estimate of drug-likeness (QED) is 0.657. The Labute approximate surface area is 100 Å². The molecule has 1 fully saturated rings. The first-order valence-electron chi connectivity index (χ1n) is 4.98. The van der Waals surface area contributed by atoms with Gasteiger partial charge in [0, 0.05) is 11.3 Å². The van der Waals surface area contributed by atoms with Crippen LogP contribution in [0.2, 0.25) is 0 Å². The minimum absolute atomic E-state index is 0.122. The summed E-state index contributed by atoms with van der Waals surface area (Å²) in [5.41, 5.74) is 0. The molecule has 16 heavy (non-hydrogen) atoms. The molecule has 1 saturated heterocycles. The Bertz CT molecular complexity index is 298. The Morgan fingerprint density at radius 2 is 2.25 bits per heavy atom. The molecule has 0 aromatic heterocycles. The summed E-state index contributed by atoms with van der Waals surface area (Å²) in [7, 11) is 5.22. The van der Waals surface area contributed by atoms with Crippen molar-refractivity contribution in [1.29, 1.82) is 0 Å². The lowest BCUT2D eigenvalue weighted by atomic mass is 9.98. The van der Waals surface area contributed by atoms with Crippen LogP contribution in [0, 0.1) is 0 Å². The summed E-state index contributed by atoms with van der Waals surface area (Å²) in [6, 6.07) is -0.582. The number of aliphatic hydroxyl groups is 1. The predicted molar refractivity (Wildman–Crippen MR) is 63.4 cm³/mol. The molecular weight excluding hydrogens is 227 g/mol. The first-order valence-corrected chi connectivity index (χ1v) is 5.97. The van der Waals surface area contributed by atoms with Gasteiger partial charge in [-0.3, -0.25) is 9.59 Å². The highest BCUT2D eigenvalue weighted by Crippen LogP contribution is 2.39. The molecule has 0 aromatic carbocycles. The molecular formula is C9H15BN2O3S. The van der Waals surface area contributed by atoms with E-state index < -0.39 is 11.8 Å². The molecule has 0 unspecified atom stereocenters. The third-order valence-corrected chi connectivity index (χ3v) is 3.86. The zero-order valence-electron chi connectivity index (χ0n) is 9.40. The monoisotopic (exact) mass is 242 g/mol. The van der Waals surface area contributed by atoms with E-state index in [1.807, 2.05) is 13.8 Å². The summed E-state index contributed by atoms with van der Waals surface area (Å²) < 4.78 is -0.366. The van der Waals surface area contributed by atoms with Gasteiger partial charge in [0.1, 0.15) is 6.04 Å². The minimum Gasteiger partial charge on any atom is -0.395 e. The third kappa shape index (κ3) is 2.71. The average molecular weight is 242 g/mol. The third-order valence-electron chi connectivity index (χ3n) is 2.49. The van der Waals surface area contributed by atoms with Gasteiger partial charge in [-0.05, 0) is 13.8 Å². The van der Waals surface area contributed by atoms with Crippen molar-refractivity contribution in [3.8, 4) is 0 Å². The molecule has 0 bridgehead atoms. The fraction of sp³-hybridized carbons (Fsp3) is 0.778. The predicted octanol–water partition coefficient (Wildman–Crippen LogP) is -0.463. The Morgan fingerprint density at radius 1 is 1.62 bits per heavy atom. The van der Waals surface area contributed by atoms with Crippen molar-refractivity contribution >= 4 is 31.3 Å². The SMILES string of the molecule is [B]C(=O)N1CSC(C)(C)[C@H]1C(=O)NCCO. The van der Waals surface area contributed by atoms with Crippen molar-refractivity contribution in [3.05, 3.63) is 0 Å². The summed E-state index contributed by atoms with van der Waals surface area (Å²) >= 11 is 1.51. The van der Waals surface area contributed by atoms with Gasteiger partial charge in [0.15, 0.2) is 5.81 Å². The molecule has 88 valence electrons. The summed E-state index contributed by atoms with van der Waals surface area (Å²) in [5, 5.41) is 11.2. The topological polar surface area (TPSA) is 69.6 Å². The zero-order chi connectivity index (χ0) is 12.3. The summed E-state index contributed by atoms with van der Waals surface area (Å²) in [5.74, 6) is -0.454. The van der Waals surface area contributed by atoms with Gasteiger partial charge in [-0.25, -0.2) is 0 Å². The van der Waals surface area contributed by atoms with E-state index in [9.17, 15) is 9.59 Å². The second kappa shape index (κ2) is 5.10.